The van der Waals surface area contributed by atoms with Crippen LogP contribution in [0.5, 0.6) is 11.5 Å². The van der Waals surface area contributed by atoms with Gasteiger partial charge >= 0.3 is 0 Å². The van der Waals surface area contributed by atoms with Gasteiger partial charge in [-0.1, -0.05) is 23.2 Å². The first-order valence-corrected chi connectivity index (χ1v) is 7.02. The minimum absolute atomic E-state index is 0.272. The average molecular weight is 302 g/mol. The Morgan fingerprint density at radius 2 is 2.26 bits per heavy atom. The number of hydrogen-bond donors (Lipinski definition) is 1. The van der Waals surface area contributed by atoms with Crippen LogP contribution in [-0.2, 0) is 6.54 Å². The number of nitrogens with one attached hydrogen (secondary N) is 1. The lowest BCUT2D eigenvalue weighted by atomic mass is 10.2. The zero-order valence-corrected chi connectivity index (χ0v) is 12.3. The van der Waals surface area contributed by atoms with Gasteiger partial charge in [-0.15, -0.1) is 0 Å². The maximum atomic E-state index is 5.83. The van der Waals surface area contributed by atoms with E-state index < -0.39 is 0 Å². The second kappa shape index (κ2) is 7.04. The first-order chi connectivity index (χ1) is 9.22. The van der Waals surface area contributed by atoms with Crippen LogP contribution in [0, 0.1) is 0 Å². The van der Waals surface area contributed by atoms with Crippen LogP contribution in [0.15, 0.2) is 28.8 Å². The van der Waals surface area contributed by atoms with Gasteiger partial charge in [-0.05, 0) is 31.0 Å². The standard InChI is InChI=1S/C14H17Cl2NO2/c1-18-13-4-5-14(19-9-11(16)7-15)10(6-13)8-17-12-2-3-12/h4-7,12,17H,2-3,8-9H2,1H3. The van der Waals surface area contributed by atoms with Crippen molar-refractivity contribution >= 4 is 23.2 Å². The van der Waals surface area contributed by atoms with Gasteiger partial charge in [0.1, 0.15) is 18.1 Å². The first kappa shape index (κ1) is 14.5. The van der Waals surface area contributed by atoms with Gasteiger partial charge in [0.05, 0.1) is 12.1 Å². The fraction of sp³-hybridized carbons (Fsp3) is 0.429. The van der Waals surface area contributed by atoms with Crippen molar-refractivity contribution in [1.82, 2.24) is 5.32 Å². The predicted octanol–water partition coefficient (Wildman–Crippen LogP) is 3.65. The van der Waals surface area contributed by atoms with Crippen LogP contribution < -0.4 is 14.8 Å². The van der Waals surface area contributed by atoms with Crippen molar-refractivity contribution < 1.29 is 9.47 Å². The summed E-state index contributed by atoms with van der Waals surface area (Å²) < 4.78 is 10.9. The van der Waals surface area contributed by atoms with Crippen LogP contribution in [0.4, 0.5) is 0 Å². The van der Waals surface area contributed by atoms with E-state index in [-0.39, 0.29) is 6.61 Å². The number of methoxy groups -OCH3 is 1. The summed E-state index contributed by atoms with van der Waals surface area (Å²) in [6.45, 7) is 1.03. The molecule has 1 aliphatic carbocycles. The summed E-state index contributed by atoms with van der Waals surface area (Å²) in [5.74, 6) is 1.62. The Morgan fingerprint density at radius 1 is 1.47 bits per heavy atom. The molecule has 0 bridgehead atoms. The van der Waals surface area contributed by atoms with Crippen LogP contribution in [0.3, 0.4) is 0 Å². The van der Waals surface area contributed by atoms with Gasteiger partial charge in [-0.2, -0.15) is 0 Å². The first-order valence-electron chi connectivity index (χ1n) is 6.20. The molecule has 1 saturated carbocycles. The Balaban J connectivity index is 2.05. The van der Waals surface area contributed by atoms with Gasteiger partial charge in [0.15, 0.2) is 0 Å². The molecule has 1 aromatic rings. The fourth-order valence-corrected chi connectivity index (χ4v) is 1.80. The highest BCUT2D eigenvalue weighted by molar-refractivity contribution is 6.36. The van der Waals surface area contributed by atoms with Crippen LogP contribution in [0.1, 0.15) is 18.4 Å². The molecular weight excluding hydrogens is 285 g/mol. The molecule has 0 spiro atoms. The van der Waals surface area contributed by atoms with Gasteiger partial charge in [-0.3, -0.25) is 0 Å². The largest absolute Gasteiger partial charge is 0.497 e. The van der Waals surface area contributed by atoms with Crippen LogP contribution in [-0.4, -0.2) is 19.8 Å². The van der Waals surface area contributed by atoms with Gasteiger partial charge in [0, 0.05) is 23.7 Å². The summed E-state index contributed by atoms with van der Waals surface area (Å²) in [6.07, 6.45) is 2.50. The molecule has 0 amide bonds. The highest BCUT2D eigenvalue weighted by Crippen LogP contribution is 2.26. The Morgan fingerprint density at radius 3 is 2.89 bits per heavy atom. The van der Waals surface area contributed by atoms with Crippen molar-refractivity contribution in [3.8, 4) is 11.5 Å². The highest BCUT2D eigenvalue weighted by atomic mass is 35.5. The molecule has 3 nitrogen and oxygen atoms in total. The minimum atomic E-state index is 0.272. The molecule has 0 atom stereocenters. The van der Waals surface area contributed by atoms with E-state index in [0.717, 1.165) is 23.6 Å². The third kappa shape index (κ3) is 4.60. The molecule has 2 rings (SSSR count). The molecule has 0 unspecified atom stereocenters. The third-order valence-corrected chi connectivity index (χ3v) is 3.50. The monoisotopic (exact) mass is 301 g/mol. The summed E-state index contributed by atoms with van der Waals surface area (Å²) in [5.41, 5.74) is 2.37. The molecule has 0 aliphatic heterocycles. The van der Waals surface area contributed by atoms with E-state index in [0.29, 0.717) is 11.1 Å². The van der Waals surface area contributed by atoms with E-state index in [2.05, 4.69) is 5.32 Å². The second-order valence-corrected chi connectivity index (χ2v) is 5.18. The lowest BCUT2D eigenvalue weighted by molar-refractivity contribution is 0.352. The summed E-state index contributed by atoms with van der Waals surface area (Å²) in [4.78, 5) is 0. The average Bonchev–Trinajstić information content (AvgIpc) is 3.26. The van der Waals surface area contributed by atoms with Crippen molar-refractivity contribution in [1.29, 1.82) is 0 Å². The fourth-order valence-electron chi connectivity index (χ4n) is 1.68. The number of rotatable bonds is 7. The van der Waals surface area contributed by atoms with E-state index in [1.165, 1.54) is 18.4 Å². The van der Waals surface area contributed by atoms with Gasteiger partial charge in [0.25, 0.3) is 0 Å². The molecule has 1 aromatic carbocycles. The van der Waals surface area contributed by atoms with Gasteiger partial charge in [0.2, 0.25) is 0 Å². The molecule has 104 valence electrons. The summed E-state index contributed by atoms with van der Waals surface area (Å²) >= 11 is 11.3. The molecule has 0 heterocycles. The summed E-state index contributed by atoms with van der Waals surface area (Å²) in [5, 5.41) is 3.93. The Hall–Kier alpha value is -0.900. The van der Waals surface area contributed by atoms with Crippen molar-refractivity contribution in [2.75, 3.05) is 13.7 Å². The summed E-state index contributed by atoms with van der Waals surface area (Å²) in [6, 6.07) is 6.38. The van der Waals surface area contributed by atoms with E-state index in [9.17, 15) is 0 Å². The van der Waals surface area contributed by atoms with Crippen LogP contribution >= 0.6 is 23.2 Å². The molecule has 0 aromatic heterocycles. The topological polar surface area (TPSA) is 30.5 Å². The smallest absolute Gasteiger partial charge is 0.125 e. The zero-order valence-electron chi connectivity index (χ0n) is 10.8. The highest BCUT2D eigenvalue weighted by Gasteiger charge is 2.20. The Kier molecular flexibility index (Phi) is 5.37. The van der Waals surface area contributed by atoms with Crippen molar-refractivity contribution in [3.63, 3.8) is 0 Å². The quantitative estimate of drug-likeness (QED) is 0.834. The number of benzene rings is 1. The maximum Gasteiger partial charge on any atom is 0.125 e. The number of hydrogen-bond acceptors (Lipinski definition) is 3. The maximum absolute atomic E-state index is 5.83. The number of halogens is 2. The van der Waals surface area contributed by atoms with Gasteiger partial charge in [-0.25, -0.2) is 0 Å². The molecular formula is C14H17Cl2NO2. The molecule has 19 heavy (non-hydrogen) atoms. The molecule has 5 heteroatoms. The van der Waals surface area contributed by atoms with E-state index >= 15 is 0 Å². The van der Waals surface area contributed by atoms with E-state index in [4.69, 9.17) is 32.7 Å². The molecule has 0 radical (unpaired) electrons. The Bertz CT molecular complexity index is 459. The van der Waals surface area contributed by atoms with Crippen LogP contribution in [0.25, 0.3) is 0 Å². The molecule has 0 saturated heterocycles. The van der Waals surface area contributed by atoms with E-state index in [1.807, 2.05) is 18.2 Å². The van der Waals surface area contributed by atoms with Crippen molar-refractivity contribution in [2.24, 2.45) is 0 Å². The normalized spacial score (nSPS) is 15.4. The predicted molar refractivity (Wildman–Crippen MR) is 78.1 cm³/mol. The molecule has 1 aliphatic rings. The molecule has 1 fully saturated rings. The third-order valence-electron chi connectivity index (χ3n) is 2.91. The zero-order chi connectivity index (χ0) is 13.7. The lowest BCUT2D eigenvalue weighted by Gasteiger charge is -2.13. The SMILES string of the molecule is COc1ccc(OCC(Cl)=CCl)c(CNC2CC2)c1. The summed E-state index contributed by atoms with van der Waals surface area (Å²) in [7, 11) is 1.65. The second-order valence-electron chi connectivity index (χ2n) is 4.47. The minimum Gasteiger partial charge on any atom is -0.497 e. The van der Waals surface area contributed by atoms with Crippen molar-refractivity contribution in [2.45, 2.75) is 25.4 Å². The van der Waals surface area contributed by atoms with E-state index in [1.54, 1.807) is 7.11 Å². The van der Waals surface area contributed by atoms with Crippen molar-refractivity contribution in [3.05, 3.63) is 34.3 Å². The Labute approximate surface area is 123 Å². The lowest BCUT2D eigenvalue weighted by Crippen LogP contribution is -2.16. The van der Waals surface area contributed by atoms with Crippen LogP contribution in [0.2, 0.25) is 0 Å². The van der Waals surface area contributed by atoms with Gasteiger partial charge < -0.3 is 14.8 Å². The molecule has 1 N–H and O–H groups in total. The number of ether oxygens (including phenoxy) is 2.